The quantitative estimate of drug-likeness (QED) is 0.510. The van der Waals surface area contributed by atoms with Crippen molar-refractivity contribution in [1.29, 1.82) is 0 Å². The summed E-state index contributed by atoms with van der Waals surface area (Å²) in [5.41, 5.74) is 2.40. The lowest BCUT2D eigenvalue weighted by molar-refractivity contribution is -0.128. The molecule has 0 aliphatic carbocycles. The van der Waals surface area contributed by atoms with Crippen LogP contribution in [0.3, 0.4) is 0 Å². The normalized spacial score (nSPS) is 23.5. The standard InChI is InChI=1S/C28H21ClFN3O4/c1-37-21-11-6-16(29)14-20(21)31-26(34)25-23-22(24-19-5-3-2-4-15(19)12-13-32(24)25)27(35)33(28(23)36)18-9-7-17(30)8-10-18/h2-14,22-25H,1H3,(H,31,34)/t22-,23+,24?,25-/m0/s1. The van der Waals surface area contributed by atoms with Gasteiger partial charge >= 0.3 is 0 Å². The van der Waals surface area contributed by atoms with Gasteiger partial charge in [-0.15, -0.1) is 0 Å². The van der Waals surface area contributed by atoms with E-state index in [1.807, 2.05) is 30.3 Å². The van der Waals surface area contributed by atoms with Crippen LogP contribution in [0.15, 0.2) is 72.9 Å². The summed E-state index contributed by atoms with van der Waals surface area (Å²) in [5.74, 6) is -3.22. The highest BCUT2D eigenvalue weighted by molar-refractivity contribution is 6.31. The van der Waals surface area contributed by atoms with Gasteiger partial charge in [0.1, 0.15) is 17.6 Å². The van der Waals surface area contributed by atoms with Crippen LogP contribution in [-0.2, 0) is 14.4 Å². The zero-order valence-corrected chi connectivity index (χ0v) is 20.4. The minimum atomic E-state index is -0.981. The van der Waals surface area contributed by atoms with Crippen molar-refractivity contribution in [2.75, 3.05) is 17.3 Å². The van der Waals surface area contributed by atoms with Crippen molar-refractivity contribution >= 4 is 46.8 Å². The SMILES string of the molecule is COc1ccc(Cl)cc1NC(=O)[C@@H]1[C@@H]2C(=O)N(c3ccc(F)cc3)C(=O)[C@@H]2C2c3ccccc3C=CN21. The zero-order chi connectivity index (χ0) is 25.8. The summed E-state index contributed by atoms with van der Waals surface area (Å²) in [6.45, 7) is 0. The van der Waals surface area contributed by atoms with Gasteiger partial charge in [-0.1, -0.05) is 35.9 Å². The number of benzene rings is 3. The van der Waals surface area contributed by atoms with Crippen molar-refractivity contribution in [2.45, 2.75) is 12.1 Å². The summed E-state index contributed by atoms with van der Waals surface area (Å²) < 4.78 is 18.9. The van der Waals surface area contributed by atoms with Crippen molar-refractivity contribution < 1.29 is 23.5 Å². The molecule has 0 radical (unpaired) electrons. The fraction of sp³-hybridized carbons (Fsp3) is 0.179. The molecule has 4 atom stereocenters. The van der Waals surface area contributed by atoms with E-state index in [0.717, 1.165) is 16.0 Å². The number of carbonyl (C=O) groups excluding carboxylic acids is 3. The van der Waals surface area contributed by atoms with Gasteiger partial charge in [-0.05, 0) is 59.7 Å². The second-order valence-electron chi connectivity index (χ2n) is 9.16. The number of rotatable bonds is 4. The first kappa shape index (κ1) is 23.2. The van der Waals surface area contributed by atoms with E-state index in [9.17, 15) is 18.8 Å². The Kier molecular flexibility index (Phi) is 5.49. The third-order valence-corrected chi connectivity index (χ3v) is 7.47. The van der Waals surface area contributed by atoms with Gasteiger partial charge in [0, 0.05) is 11.2 Å². The van der Waals surface area contributed by atoms with Crippen LogP contribution in [-0.4, -0.2) is 35.8 Å². The van der Waals surface area contributed by atoms with Gasteiger partial charge in [0.2, 0.25) is 17.7 Å². The molecule has 3 aliphatic rings. The molecule has 2 saturated heterocycles. The second kappa shape index (κ2) is 8.74. The average Bonchev–Trinajstić information content (AvgIpc) is 3.37. The molecule has 1 unspecified atom stereocenters. The molecule has 3 aromatic carbocycles. The van der Waals surface area contributed by atoms with Gasteiger partial charge in [-0.25, -0.2) is 9.29 Å². The Bertz CT molecular complexity index is 1470. The van der Waals surface area contributed by atoms with E-state index >= 15 is 0 Å². The minimum absolute atomic E-state index is 0.271. The maximum atomic E-state index is 13.8. The summed E-state index contributed by atoms with van der Waals surface area (Å²) >= 11 is 6.15. The molecule has 9 heteroatoms. The minimum Gasteiger partial charge on any atom is -0.495 e. The molecule has 6 rings (SSSR count). The molecule has 7 nitrogen and oxygen atoms in total. The van der Waals surface area contributed by atoms with E-state index in [1.165, 1.54) is 31.4 Å². The van der Waals surface area contributed by atoms with Crippen LogP contribution in [0.2, 0.25) is 5.02 Å². The number of carbonyl (C=O) groups is 3. The topological polar surface area (TPSA) is 79.0 Å². The Labute approximate surface area is 217 Å². The average molecular weight is 518 g/mol. The molecule has 0 spiro atoms. The Balaban J connectivity index is 1.44. The first-order valence-corrected chi connectivity index (χ1v) is 12.1. The van der Waals surface area contributed by atoms with Crippen molar-refractivity contribution in [2.24, 2.45) is 11.8 Å². The largest absolute Gasteiger partial charge is 0.495 e. The van der Waals surface area contributed by atoms with Crippen LogP contribution in [0.1, 0.15) is 17.2 Å². The Hall–Kier alpha value is -4.17. The molecule has 37 heavy (non-hydrogen) atoms. The molecule has 3 aliphatic heterocycles. The number of anilines is 2. The number of amides is 3. The Morgan fingerprint density at radius 2 is 1.73 bits per heavy atom. The van der Waals surface area contributed by atoms with E-state index in [4.69, 9.17) is 16.3 Å². The lowest BCUT2D eigenvalue weighted by Gasteiger charge is -2.35. The zero-order valence-electron chi connectivity index (χ0n) is 19.6. The van der Waals surface area contributed by atoms with E-state index < -0.39 is 47.5 Å². The predicted octanol–water partition coefficient (Wildman–Crippen LogP) is 4.64. The summed E-state index contributed by atoms with van der Waals surface area (Å²) in [7, 11) is 1.48. The van der Waals surface area contributed by atoms with Gasteiger partial charge in [0.05, 0.1) is 36.4 Å². The molecule has 3 aromatic rings. The van der Waals surface area contributed by atoms with Crippen LogP contribution < -0.4 is 15.0 Å². The van der Waals surface area contributed by atoms with Crippen molar-refractivity contribution in [3.05, 3.63) is 94.9 Å². The summed E-state index contributed by atoms with van der Waals surface area (Å²) in [5, 5.41) is 3.26. The van der Waals surface area contributed by atoms with Gasteiger partial charge < -0.3 is 15.0 Å². The maximum Gasteiger partial charge on any atom is 0.248 e. The molecule has 3 amide bonds. The number of nitrogens with one attached hydrogen (secondary N) is 1. The van der Waals surface area contributed by atoms with Crippen molar-refractivity contribution in [3.63, 3.8) is 0 Å². The maximum absolute atomic E-state index is 13.8. The highest BCUT2D eigenvalue weighted by Crippen LogP contribution is 2.53. The number of ether oxygens (including phenoxy) is 1. The van der Waals surface area contributed by atoms with Gasteiger partial charge in [0.25, 0.3) is 0 Å². The number of fused-ring (bicyclic) bond motifs is 5. The fourth-order valence-electron chi connectivity index (χ4n) is 5.69. The number of imide groups is 1. The van der Waals surface area contributed by atoms with Crippen LogP contribution in [0, 0.1) is 17.7 Å². The number of hydrogen-bond donors (Lipinski definition) is 1. The molecule has 0 saturated carbocycles. The smallest absolute Gasteiger partial charge is 0.248 e. The van der Waals surface area contributed by atoms with Crippen molar-refractivity contribution in [3.8, 4) is 5.75 Å². The van der Waals surface area contributed by atoms with E-state index in [2.05, 4.69) is 5.32 Å². The lowest BCUT2D eigenvalue weighted by Crippen LogP contribution is -2.46. The third-order valence-electron chi connectivity index (χ3n) is 7.23. The monoisotopic (exact) mass is 517 g/mol. The van der Waals surface area contributed by atoms with Crippen molar-refractivity contribution in [1.82, 2.24) is 4.90 Å². The molecule has 2 fully saturated rings. The predicted molar refractivity (Wildman–Crippen MR) is 136 cm³/mol. The van der Waals surface area contributed by atoms with Gasteiger partial charge in [0.15, 0.2) is 0 Å². The first-order chi connectivity index (χ1) is 17.9. The molecule has 186 valence electrons. The second-order valence-corrected chi connectivity index (χ2v) is 9.59. The molecular weight excluding hydrogens is 497 g/mol. The number of hydrogen-bond acceptors (Lipinski definition) is 5. The molecular formula is C28H21ClFN3O4. The molecule has 1 N–H and O–H groups in total. The highest BCUT2D eigenvalue weighted by Gasteiger charge is 2.64. The van der Waals surface area contributed by atoms with Crippen LogP contribution in [0.25, 0.3) is 6.08 Å². The summed E-state index contributed by atoms with van der Waals surface area (Å²) in [4.78, 5) is 44.3. The molecule has 0 aromatic heterocycles. The van der Waals surface area contributed by atoms with Crippen LogP contribution in [0.5, 0.6) is 5.75 Å². The first-order valence-electron chi connectivity index (χ1n) is 11.7. The Morgan fingerprint density at radius 3 is 2.49 bits per heavy atom. The lowest BCUT2D eigenvalue weighted by atomic mass is 9.84. The fourth-order valence-corrected chi connectivity index (χ4v) is 5.86. The van der Waals surface area contributed by atoms with Gasteiger partial charge in [-0.3, -0.25) is 14.4 Å². The summed E-state index contributed by atoms with van der Waals surface area (Å²) in [6, 6.07) is 16.1. The third kappa shape index (κ3) is 3.59. The number of nitrogens with zero attached hydrogens (tertiary/aromatic N) is 2. The van der Waals surface area contributed by atoms with E-state index in [0.29, 0.717) is 16.5 Å². The van der Waals surface area contributed by atoms with E-state index in [-0.39, 0.29) is 5.69 Å². The van der Waals surface area contributed by atoms with E-state index in [1.54, 1.807) is 29.3 Å². The number of halogens is 2. The van der Waals surface area contributed by atoms with Gasteiger partial charge in [-0.2, -0.15) is 0 Å². The number of methoxy groups -OCH3 is 1. The van der Waals surface area contributed by atoms with Crippen LogP contribution in [0.4, 0.5) is 15.8 Å². The summed E-state index contributed by atoms with van der Waals surface area (Å²) in [6.07, 6.45) is 3.65. The Morgan fingerprint density at radius 1 is 1.00 bits per heavy atom. The molecule has 3 heterocycles. The molecule has 0 bridgehead atoms. The van der Waals surface area contributed by atoms with Crippen LogP contribution >= 0.6 is 11.6 Å². The highest BCUT2D eigenvalue weighted by atomic mass is 35.5.